The predicted octanol–water partition coefficient (Wildman–Crippen LogP) is 3.82. The molecule has 0 bridgehead atoms. The highest BCUT2D eigenvalue weighted by molar-refractivity contribution is 7.89. The molecule has 0 spiro atoms. The van der Waals surface area contributed by atoms with Gasteiger partial charge in [-0.25, -0.2) is 8.42 Å². The van der Waals surface area contributed by atoms with Gasteiger partial charge in [0.15, 0.2) is 6.29 Å². The molecule has 0 aliphatic carbocycles. The van der Waals surface area contributed by atoms with Crippen molar-refractivity contribution in [3.05, 3.63) is 63.1 Å². The third-order valence-electron chi connectivity index (χ3n) is 3.80. The van der Waals surface area contributed by atoms with Gasteiger partial charge in [0, 0.05) is 23.7 Å². The minimum atomic E-state index is -3.89. The number of carbonyl (C=O) groups is 1. The monoisotopic (exact) mass is 383 g/mol. The Bertz CT molecular complexity index is 999. The smallest absolute Gasteiger partial charge is 0.264 e. The van der Waals surface area contributed by atoms with Crippen LogP contribution in [0.15, 0.2) is 41.3 Å². The summed E-state index contributed by atoms with van der Waals surface area (Å²) in [5.74, 6) is -0.283. The molecular formula is C16H11Cl2NO4S. The highest BCUT2D eigenvalue weighted by Gasteiger charge is 2.36. The molecule has 0 saturated heterocycles. The maximum atomic E-state index is 12.7. The number of aliphatic hydroxyl groups is 1. The average molecular weight is 384 g/mol. The molecule has 0 amide bonds. The second-order valence-corrected chi connectivity index (χ2v) is 7.83. The Morgan fingerprint density at radius 3 is 2.46 bits per heavy atom. The largest absolute Gasteiger partial charge is 0.505 e. The second-order valence-electron chi connectivity index (χ2n) is 5.11. The van der Waals surface area contributed by atoms with Crippen LogP contribution in [0.4, 0.5) is 0 Å². The molecule has 1 aliphatic rings. The molecule has 0 unspecified atom stereocenters. The quantitative estimate of drug-likeness (QED) is 0.799. The third kappa shape index (κ3) is 2.30. The molecule has 2 aromatic rings. The number of hydrogen-bond donors (Lipinski definition) is 1. The molecule has 0 fully saturated rings. The lowest BCUT2D eigenvalue weighted by atomic mass is 10.0. The molecule has 1 aliphatic heterocycles. The van der Waals surface area contributed by atoms with Crippen molar-refractivity contribution in [1.29, 1.82) is 0 Å². The zero-order chi connectivity index (χ0) is 17.6. The Kier molecular flexibility index (Phi) is 4.07. The number of benzene rings is 2. The van der Waals surface area contributed by atoms with E-state index >= 15 is 0 Å². The second kappa shape index (κ2) is 5.81. The van der Waals surface area contributed by atoms with Crippen molar-refractivity contribution in [2.45, 2.75) is 4.90 Å². The van der Waals surface area contributed by atoms with E-state index in [4.69, 9.17) is 23.2 Å². The van der Waals surface area contributed by atoms with Crippen LogP contribution in [-0.2, 0) is 10.0 Å². The molecule has 1 heterocycles. The van der Waals surface area contributed by atoms with Crippen LogP contribution in [0.1, 0.15) is 21.5 Å². The minimum absolute atomic E-state index is 0.0208. The summed E-state index contributed by atoms with van der Waals surface area (Å²) in [6.45, 7) is 0. The minimum Gasteiger partial charge on any atom is -0.505 e. The first-order chi connectivity index (χ1) is 11.3. The molecule has 124 valence electrons. The fourth-order valence-corrected chi connectivity index (χ4v) is 4.58. The number of carbonyl (C=O) groups excluding carboxylic acids is 1. The van der Waals surface area contributed by atoms with Gasteiger partial charge in [0.2, 0.25) is 0 Å². The molecule has 5 nitrogen and oxygen atoms in total. The van der Waals surface area contributed by atoms with E-state index in [-0.39, 0.29) is 43.1 Å². The normalized spacial score (nSPS) is 16.0. The van der Waals surface area contributed by atoms with E-state index in [1.54, 1.807) is 12.1 Å². The van der Waals surface area contributed by atoms with Crippen molar-refractivity contribution in [1.82, 2.24) is 4.31 Å². The Morgan fingerprint density at radius 2 is 1.79 bits per heavy atom. The summed E-state index contributed by atoms with van der Waals surface area (Å²) in [6.07, 6.45) is 0.533. The van der Waals surface area contributed by atoms with Gasteiger partial charge in [0.1, 0.15) is 11.5 Å². The fraction of sp³-hybridized carbons (Fsp3) is 0.0625. The van der Waals surface area contributed by atoms with Crippen LogP contribution >= 0.6 is 23.2 Å². The molecule has 24 heavy (non-hydrogen) atoms. The number of nitrogens with zero attached hydrogens (tertiary/aromatic N) is 1. The summed E-state index contributed by atoms with van der Waals surface area (Å²) in [7, 11) is -2.61. The van der Waals surface area contributed by atoms with Gasteiger partial charge in [-0.3, -0.25) is 9.10 Å². The van der Waals surface area contributed by atoms with Gasteiger partial charge in [-0.15, -0.1) is 0 Å². The van der Waals surface area contributed by atoms with Gasteiger partial charge < -0.3 is 5.11 Å². The number of sulfonamides is 1. The van der Waals surface area contributed by atoms with Crippen LogP contribution in [0, 0.1) is 0 Å². The first-order valence-corrected chi connectivity index (χ1v) is 8.95. The number of halogens is 2. The van der Waals surface area contributed by atoms with Crippen molar-refractivity contribution in [2.75, 3.05) is 7.05 Å². The maximum Gasteiger partial charge on any atom is 0.264 e. The van der Waals surface area contributed by atoms with Crippen LogP contribution in [0.25, 0.3) is 11.5 Å². The van der Waals surface area contributed by atoms with E-state index in [9.17, 15) is 18.3 Å². The van der Waals surface area contributed by atoms with Gasteiger partial charge in [-0.05, 0) is 24.3 Å². The van der Waals surface area contributed by atoms with E-state index in [2.05, 4.69) is 0 Å². The van der Waals surface area contributed by atoms with Gasteiger partial charge in [0.25, 0.3) is 10.0 Å². The molecule has 1 N–H and O–H groups in total. The lowest BCUT2D eigenvalue weighted by Crippen LogP contribution is -2.31. The Morgan fingerprint density at radius 1 is 1.12 bits per heavy atom. The van der Waals surface area contributed by atoms with Crippen LogP contribution in [0.3, 0.4) is 0 Å². The standard InChI is InChI=1S/C16H11Cl2NO4S/c1-19-15(13-11(17)7-6-9(8-20)14(13)18)16(21)10-4-2-3-5-12(10)24(19,22)23/h2-8,21H,1H3. The highest BCUT2D eigenvalue weighted by Crippen LogP contribution is 2.43. The SMILES string of the molecule is CN1C(c2c(Cl)ccc(C=O)c2Cl)=C(O)c2ccccc2S1(=O)=O. The zero-order valence-corrected chi connectivity index (χ0v) is 14.7. The van der Waals surface area contributed by atoms with Crippen molar-refractivity contribution in [3.8, 4) is 0 Å². The zero-order valence-electron chi connectivity index (χ0n) is 12.3. The van der Waals surface area contributed by atoms with E-state index in [0.717, 1.165) is 4.31 Å². The van der Waals surface area contributed by atoms with E-state index < -0.39 is 10.0 Å². The van der Waals surface area contributed by atoms with Crippen molar-refractivity contribution in [2.24, 2.45) is 0 Å². The summed E-state index contributed by atoms with van der Waals surface area (Å²) in [5, 5.41) is 10.7. The van der Waals surface area contributed by atoms with E-state index in [1.165, 1.54) is 31.3 Å². The maximum absolute atomic E-state index is 12.7. The van der Waals surface area contributed by atoms with Gasteiger partial charge in [-0.2, -0.15) is 0 Å². The first-order valence-electron chi connectivity index (χ1n) is 6.75. The lowest BCUT2D eigenvalue weighted by Gasteiger charge is -2.30. The molecule has 0 aromatic heterocycles. The lowest BCUT2D eigenvalue weighted by molar-refractivity contribution is 0.112. The molecule has 2 aromatic carbocycles. The average Bonchev–Trinajstić information content (AvgIpc) is 2.56. The van der Waals surface area contributed by atoms with Crippen LogP contribution < -0.4 is 0 Å². The Labute approximate surface area is 148 Å². The number of aliphatic hydroxyl groups excluding tert-OH is 1. The number of hydrogen-bond acceptors (Lipinski definition) is 4. The Hall–Kier alpha value is -2.02. The highest BCUT2D eigenvalue weighted by atomic mass is 35.5. The van der Waals surface area contributed by atoms with E-state index in [1.807, 2.05) is 0 Å². The molecular weight excluding hydrogens is 373 g/mol. The number of rotatable bonds is 2. The predicted molar refractivity (Wildman–Crippen MR) is 92.7 cm³/mol. The summed E-state index contributed by atoms with van der Waals surface area (Å²) < 4.78 is 26.4. The van der Waals surface area contributed by atoms with Crippen molar-refractivity contribution < 1.29 is 18.3 Å². The van der Waals surface area contributed by atoms with Crippen molar-refractivity contribution >= 4 is 51.0 Å². The van der Waals surface area contributed by atoms with Gasteiger partial charge in [-0.1, -0.05) is 35.3 Å². The van der Waals surface area contributed by atoms with Crippen LogP contribution in [0.5, 0.6) is 0 Å². The van der Waals surface area contributed by atoms with E-state index in [0.29, 0.717) is 6.29 Å². The van der Waals surface area contributed by atoms with Gasteiger partial charge in [0.05, 0.1) is 14.9 Å². The number of aldehydes is 1. The van der Waals surface area contributed by atoms with Crippen molar-refractivity contribution in [3.63, 3.8) is 0 Å². The third-order valence-corrected chi connectivity index (χ3v) is 6.34. The summed E-state index contributed by atoms with van der Waals surface area (Å²) in [6, 6.07) is 8.91. The summed E-state index contributed by atoms with van der Waals surface area (Å²) in [5.41, 5.74) is 0.295. The van der Waals surface area contributed by atoms with Crippen LogP contribution in [0.2, 0.25) is 10.0 Å². The molecule has 8 heteroatoms. The van der Waals surface area contributed by atoms with Gasteiger partial charge >= 0.3 is 0 Å². The molecule has 0 atom stereocenters. The van der Waals surface area contributed by atoms with Crippen LogP contribution in [-0.4, -0.2) is 31.2 Å². The summed E-state index contributed by atoms with van der Waals surface area (Å²) in [4.78, 5) is 11.1. The summed E-state index contributed by atoms with van der Waals surface area (Å²) >= 11 is 12.4. The number of fused-ring (bicyclic) bond motifs is 1. The molecule has 0 saturated carbocycles. The molecule has 3 rings (SSSR count). The topological polar surface area (TPSA) is 74.7 Å². The molecule has 0 radical (unpaired) electrons. The Balaban J connectivity index is 2.43. The fourth-order valence-electron chi connectivity index (χ4n) is 2.58. The first kappa shape index (κ1) is 16.8.